The Labute approximate surface area is 154 Å². The van der Waals surface area contributed by atoms with Gasteiger partial charge in [-0.15, -0.1) is 0 Å². The van der Waals surface area contributed by atoms with E-state index in [0.717, 1.165) is 18.5 Å². The van der Waals surface area contributed by atoms with E-state index in [9.17, 15) is 9.59 Å². The molecule has 2 aromatic rings. The molecule has 1 aromatic heterocycles. The van der Waals surface area contributed by atoms with E-state index in [2.05, 4.69) is 24.9 Å². The zero-order valence-electron chi connectivity index (χ0n) is 15.3. The molecule has 1 aliphatic rings. The standard InChI is InChI=1S/C21H25N3O2/c1-16(2)9-10-18-19(17-7-4-3-5-8-17)20(25)21(26)24(18)13-6-12-23-14-11-22-15-23/h3-5,7-11,14-16,18-19H,6,12-13H2,1-2H3. The molecule has 5 nitrogen and oxygen atoms in total. The van der Waals surface area contributed by atoms with Crippen LogP contribution in [0.3, 0.4) is 0 Å². The number of likely N-dealkylation sites (tertiary alicyclic amines) is 1. The zero-order valence-corrected chi connectivity index (χ0v) is 15.3. The molecule has 2 atom stereocenters. The van der Waals surface area contributed by atoms with Crippen LogP contribution < -0.4 is 0 Å². The van der Waals surface area contributed by atoms with Crippen molar-refractivity contribution in [3.05, 3.63) is 66.8 Å². The van der Waals surface area contributed by atoms with Gasteiger partial charge in [0.15, 0.2) is 0 Å². The topological polar surface area (TPSA) is 55.2 Å². The van der Waals surface area contributed by atoms with Gasteiger partial charge in [0.2, 0.25) is 5.78 Å². The maximum atomic E-state index is 12.7. The molecular formula is C21H25N3O2. The lowest BCUT2D eigenvalue weighted by Crippen LogP contribution is -2.35. The molecule has 1 aliphatic heterocycles. The van der Waals surface area contributed by atoms with Crippen LogP contribution in [0.15, 0.2) is 61.2 Å². The molecule has 136 valence electrons. The molecule has 0 saturated carbocycles. The van der Waals surface area contributed by atoms with Gasteiger partial charge in [-0.1, -0.05) is 56.3 Å². The van der Waals surface area contributed by atoms with Gasteiger partial charge in [-0.3, -0.25) is 9.59 Å². The van der Waals surface area contributed by atoms with Crippen molar-refractivity contribution >= 4 is 11.7 Å². The first-order valence-electron chi connectivity index (χ1n) is 9.11. The molecule has 5 heteroatoms. The van der Waals surface area contributed by atoms with Crippen LogP contribution in [0.2, 0.25) is 0 Å². The lowest BCUT2D eigenvalue weighted by atomic mass is 9.90. The summed E-state index contributed by atoms with van der Waals surface area (Å²) >= 11 is 0. The third-order valence-corrected chi connectivity index (χ3v) is 4.68. The first-order valence-corrected chi connectivity index (χ1v) is 9.11. The van der Waals surface area contributed by atoms with Gasteiger partial charge in [0.05, 0.1) is 18.3 Å². The van der Waals surface area contributed by atoms with Gasteiger partial charge in [-0.05, 0) is 17.9 Å². The number of amides is 1. The van der Waals surface area contributed by atoms with Crippen LogP contribution in [-0.2, 0) is 16.1 Å². The predicted octanol–water partition coefficient (Wildman–Crippen LogP) is 3.05. The van der Waals surface area contributed by atoms with Gasteiger partial charge >= 0.3 is 0 Å². The Kier molecular flexibility index (Phi) is 5.66. The summed E-state index contributed by atoms with van der Waals surface area (Å²) in [5.74, 6) is -0.739. The molecule has 2 unspecified atom stereocenters. The number of nitrogens with zero attached hydrogens (tertiary/aromatic N) is 3. The SMILES string of the molecule is CC(C)C=CC1C(c2ccccc2)C(=O)C(=O)N1CCCn1ccnc1. The van der Waals surface area contributed by atoms with E-state index in [1.54, 1.807) is 17.4 Å². The fraction of sp³-hybridized carbons (Fsp3) is 0.381. The number of aromatic nitrogens is 2. The first kappa shape index (κ1) is 18.1. The molecule has 0 radical (unpaired) electrons. The molecule has 1 amide bonds. The van der Waals surface area contributed by atoms with Crippen LogP contribution >= 0.6 is 0 Å². The number of hydrogen-bond acceptors (Lipinski definition) is 3. The minimum Gasteiger partial charge on any atom is -0.337 e. The highest BCUT2D eigenvalue weighted by molar-refractivity contribution is 6.40. The Morgan fingerprint density at radius 1 is 1.15 bits per heavy atom. The second-order valence-corrected chi connectivity index (χ2v) is 7.02. The van der Waals surface area contributed by atoms with Crippen molar-refractivity contribution in [2.24, 2.45) is 5.92 Å². The van der Waals surface area contributed by atoms with Crippen molar-refractivity contribution in [3.8, 4) is 0 Å². The van der Waals surface area contributed by atoms with Crippen LogP contribution in [-0.4, -0.2) is 38.7 Å². The maximum absolute atomic E-state index is 12.7. The minimum atomic E-state index is -0.424. The summed E-state index contributed by atoms with van der Waals surface area (Å²) in [7, 11) is 0. The van der Waals surface area contributed by atoms with Crippen LogP contribution in [0.1, 0.15) is 31.7 Å². The van der Waals surface area contributed by atoms with E-state index in [4.69, 9.17) is 0 Å². The number of hydrogen-bond donors (Lipinski definition) is 0. The summed E-state index contributed by atoms with van der Waals surface area (Å²) < 4.78 is 1.98. The number of carbonyl (C=O) groups excluding carboxylic acids is 2. The second-order valence-electron chi connectivity index (χ2n) is 7.02. The van der Waals surface area contributed by atoms with Crippen molar-refractivity contribution in [2.75, 3.05) is 6.54 Å². The van der Waals surface area contributed by atoms with E-state index in [0.29, 0.717) is 12.5 Å². The maximum Gasteiger partial charge on any atom is 0.291 e. The van der Waals surface area contributed by atoms with E-state index in [1.807, 2.05) is 47.2 Å². The smallest absolute Gasteiger partial charge is 0.291 e. The fourth-order valence-electron chi connectivity index (χ4n) is 3.40. The van der Waals surface area contributed by atoms with E-state index in [1.165, 1.54) is 0 Å². The lowest BCUT2D eigenvalue weighted by Gasteiger charge is -2.25. The summed E-state index contributed by atoms with van der Waals surface area (Å²) in [6.07, 6.45) is 10.3. The number of imidazole rings is 1. The minimum absolute atomic E-state index is 0.220. The molecule has 0 N–H and O–H groups in total. The largest absolute Gasteiger partial charge is 0.337 e. The van der Waals surface area contributed by atoms with Crippen LogP contribution in [0.4, 0.5) is 0 Å². The second kappa shape index (κ2) is 8.13. The highest BCUT2D eigenvalue weighted by atomic mass is 16.2. The number of carbonyl (C=O) groups is 2. The predicted molar refractivity (Wildman–Crippen MR) is 101 cm³/mol. The van der Waals surface area contributed by atoms with Crippen molar-refractivity contribution in [3.63, 3.8) is 0 Å². The number of Topliss-reactive ketones (excluding diaryl/α,β-unsaturated/α-hetero) is 1. The molecule has 0 bridgehead atoms. The van der Waals surface area contributed by atoms with E-state index in [-0.39, 0.29) is 17.7 Å². The summed E-state index contributed by atoms with van der Waals surface area (Å²) in [5, 5.41) is 0. The van der Waals surface area contributed by atoms with Gasteiger partial charge in [0.1, 0.15) is 0 Å². The van der Waals surface area contributed by atoms with Crippen LogP contribution in [0.25, 0.3) is 0 Å². The highest BCUT2D eigenvalue weighted by Crippen LogP contribution is 2.33. The van der Waals surface area contributed by atoms with Gasteiger partial charge in [-0.25, -0.2) is 4.98 Å². The monoisotopic (exact) mass is 351 g/mol. The van der Waals surface area contributed by atoms with Crippen molar-refractivity contribution in [1.82, 2.24) is 14.5 Å². The average Bonchev–Trinajstić information content (AvgIpc) is 3.23. The Hall–Kier alpha value is -2.69. The van der Waals surface area contributed by atoms with Crippen LogP contribution in [0.5, 0.6) is 0 Å². The van der Waals surface area contributed by atoms with E-state index < -0.39 is 5.92 Å². The normalized spacial score (nSPS) is 20.7. The van der Waals surface area contributed by atoms with Gasteiger partial charge in [-0.2, -0.15) is 0 Å². The number of aryl methyl sites for hydroxylation is 1. The Bertz CT molecular complexity index is 766. The van der Waals surface area contributed by atoms with Gasteiger partial charge in [0, 0.05) is 25.5 Å². The molecule has 3 rings (SSSR count). The van der Waals surface area contributed by atoms with Gasteiger partial charge in [0.25, 0.3) is 5.91 Å². The molecular weight excluding hydrogens is 326 g/mol. The quantitative estimate of drug-likeness (QED) is 0.569. The van der Waals surface area contributed by atoms with Crippen molar-refractivity contribution in [1.29, 1.82) is 0 Å². The third-order valence-electron chi connectivity index (χ3n) is 4.68. The van der Waals surface area contributed by atoms with Crippen molar-refractivity contribution in [2.45, 2.75) is 38.8 Å². The molecule has 1 saturated heterocycles. The summed E-state index contributed by atoms with van der Waals surface area (Å²) in [5.41, 5.74) is 0.904. The molecule has 2 heterocycles. The fourth-order valence-corrected chi connectivity index (χ4v) is 3.40. The van der Waals surface area contributed by atoms with Crippen molar-refractivity contribution < 1.29 is 9.59 Å². The summed E-state index contributed by atoms with van der Waals surface area (Å²) in [6.45, 7) is 5.51. The molecule has 0 aliphatic carbocycles. The zero-order chi connectivity index (χ0) is 18.5. The highest BCUT2D eigenvalue weighted by Gasteiger charge is 2.46. The number of benzene rings is 1. The third kappa shape index (κ3) is 3.93. The van der Waals surface area contributed by atoms with Crippen LogP contribution in [0, 0.1) is 5.92 Å². The molecule has 0 spiro atoms. The Morgan fingerprint density at radius 3 is 2.58 bits per heavy atom. The summed E-state index contributed by atoms with van der Waals surface area (Å²) in [6, 6.07) is 9.40. The number of rotatable bonds is 7. The lowest BCUT2D eigenvalue weighted by molar-refractivity contribution is -0.140. The number of allylic oxidation sites excluding steroid dienone is 1. The molecule has 26 heavy (non-hydrogen) atoms. The van der Waals surface area contributed by atoms with E-state index >= 15 is 0 Å². The number of ketones is 1. The average molecular weight is 351 g/mol. The Balaban J connectivity index is 1.81. The first-order chi connectivity index (χ1) is 12.6. The Morgan fingerprint density at radius 2 is 1.92 bits per heavy atom. The molecule has 1 aromatic carbocycles. The van der Waals surface area contributed by atoms with Gasteiger partial charge < -0.3 is 9.47 Å². The summed E-state index contributed by atoms with van der Waals surface area (Å²) in [4.78, 5) is 31.1. The molecule has 1 fully saturated rings.